The normalized spacial score (nSPS) is 12.5. The molecule has 0 radical (unpaired) electrons. The predicted molar refractivity (Wildman–Crippen MR) is 252 cm³/mol. The molecule has 0 aliphatic heterocycles. The van der Waals surface area contributed by atoms with E-state index in [-0.39, 0.29) is 31.1 Å². The minimum absolute atomic E-state index is 0.0640. The minimum Gasteiger partial charge on any atom is -0.462 e. The topological polar surface area (TPSA) is 78.9 Å². The third kappa shape index (κ3) is 45.8. The molecular weight excluding hydrogens is 733 g/mol. The Hall–Kier alpha value is -1.59. The Balaban J connectivity index is 4.26. The van der Waals surface area contributed by atoms with Gasteiger partial charge in [0.1, 0.15) is 13.2 Å². The summed E-state index contributed by atoms with van der Waals surface area (Å²) in [6.07, 6.45) is 46.6. The molecule has 0 saturated carbocycles. The number of ether oxygens (including phenoxy) is 3. The van der Waals surface area contributed by atoms with Crippen LogP contribution in [0.15, 0.2) is 0 Å². The first kappa shape index (κ1) is 57.4. The number of hydrogen-bond donors (Lipinski definition) is 0. The average molecular weight is 835 g/mol. The monoisotopic (exact) mass is 835 g/mol. The van der Waals surface area contributed by atoms with Crippen LogP contribution in [0.2, 0.25) is 0 Å². The second-order valence-corrected chi connectivity index (χ2v) is 18.9. The molecule has 59 heavy (non-hydrogen) atoms. The van der Waals surface area contributed by atoms with E-state index in [1.165, 1.54) is 180 Å². The molecule has 0 aromatic rings. The smallest absolute Gasteiger partial charge is 0.306 e. The van der Waals surface area contributed by atoms with E-state index in [0.717, 1.165) is 69.6 Å². The van der Waals surface area contributed by atoms with E-state index < -0.39 is 6.10 Å². The van der Waals surface area contributed by atoms with Crippen LogP contribution >= 0.6 is 0 Å². The van der Waals surface area contributed by atoms with E-state index in [1.807, 2.05) is 0 Å². The molecule has 0 amide bonds. The van der Waals surface area contributed by atoms with Crippen LogP contribution < -0.4 is 0 Å². The summed E-state index contributed by atoms with van der Waals surface area (Å²) in [4.78, 5) is 37.9. The van der Waals surface area contributed by atoms with Crippen molar-refractivity contribution in [2.24, 2.45) is 11.8 Å². The molecule has 0 saturated heterocycles. The highest BCUT2D eigenvalue weighted by atomic mass is 16.6. The van der Waals surface area contributed by atoms with Gasteiger partial charge >= 0.3 is 17.9 Å². The Labute approximate surface area is 368 Å². The Morgan fingerprint density at radius 3 is 0.966 bits per heavy atom. The van der Waals surface area contributed by atoms with Crippen LogP contribution in [0.3, 0.4) is 0 Å². The van der Waals surface area contributed by atoms with Crippen molar-refractivity contribution >= 4 is 17.9 Å². The Bertz CT molecular complexity index is 902. The number of rotatable bonds is 47. The van der Waals surface area contributed by atoms with Crippen LogP contribution in [-0.2, 0) is 28.6 Å². The van der Waals surface area contributed by atoms with Gasteiger partial charge in [-0.2, -0.15) is 0 Å². The molecule has 0 bridgehead atoms. The van der Waals surface area contributed by atoms with Gasteiger partial charge in [0.05, 0.1) is 0 Å². The summed E-state index contributed by atoms with van der Waals surface area (Å²) in [6.45, 7) is 11.4. The number of unbranched alkanes of at least 4 members (excludes halogenated alkanes) is 31. The van der Waals surface area contributed by atoms with Crippen molar-refractivity contribution in [3.05, 3.63) is 0 Å². The third-order valence-electron chi connectivity index (χ3n) is 12.3. The Morgan fingerprint density at radius 1 is 0.356 bits per heavy atom. The molecular formula is C53H102O6. The number of carbonyl (C=O) groups excluding carboxylic acids is 3. The van der Waals surface area contributed by atoms with Gasteiger partial charge in [0.25, 0.3) is 0 Å². The number of hydrogen-bond acceptors (Lipinski definition) is 6. The van der Waals surface area contributed by atoms with Gasteiger partial charge in [0.15, 0.2) is 6.10 Å². The summed E-state index contributed by atoms with van der Waals surface area (Å²) in [6, 6.07) is 0. The van der Waals surface area contributed by atoms with Gasteiger partial charge in [-0.15, -0.1) is 0 Å². The first-order chi connectivity index (χ1) is 28.8. The lowest BCUT2D eigenvalue weighted by Crippen LogP contribution is -2.30. The lowest BCUT2D eigenvalue weighted by atomic mass is 9.99. The summed E-state index contributed by atoms with van der Waals surface area (Å²) in [5.74, 6) is 0.850. The molecule has 6 heteroatoms. The second kappa shape index (κ2) is 45.9. The van der Waals surface area contributed by atoms with E-state index in [0.29, 0.717) is 19.3 Å². The van der Waals surface area contributed by atoms with Crippen molar-refractivity contribution in [1.29, 1.82) is 0 Å². The van der Waals surface area contributed by atoms with Crippen LogP contribution in [0.5, 0.6) is 0 Å². The minimum atomic E-state index is -0.761. The highest BCUT2D eigenvalue weighted by Crippen LogP contribution is 2.18. The number of carbonyl (C=O) groups is 3. The van der Waals surface area contributed by atoms with Crippen LogP contribution in [0, 0.1) is 11.8 Å². The average Bonchev–Trinajstić information content (AvgIpc) is 3.22. The zero-order valence-electron chi connectivity index (χ0n) is 40.4. The van der Waals surface area contributed by atoms with Gasteiger partial charge in [0, 0.05) is 19.3 Å². The molecule has 0 heterocycles. The Kier molecular flexibility index (Phi) is 44.7. The van der Waals surface area contributed by atoms with Crippen LogP contribution in [0.4, 0.5) is 0 Å². The Morgan fingerprint density at radius 2 is 0.644 bits per heavy atom. The molecule has 0 N–H and O–H groups in total. The summed E-state index contributed by atoms with van der Waals surface area (Å²) in [7, 11) is 0. The molecule has 350 valence electrons. The van der Waals surface area contributed by atoms with Gasteiger partial charge in [-0.25, -0.2) is 0 Å². The summed E-state index contributed by atoms with van der Waals surface area (Å²) in [5, 5.41) is 0. The number of esters is 3. The van der Waals surface area contributed by atoms with Crippen molar-refractivity contribution < 1.29 is 28.6 Å². The zero-order valence-corrected chi connectivity index (χ0v) is 40.4. The van der Waals surface area contributed by atoms with E-state index in [2.05, 4.69) is 34.6 Å². The van der Waals surface area contributed by atoms with E-state index in [9.17, 15) is 14.4 Å². The molecule has 2 atom stereocenters. The van der Waals surface area contributed by atoms with Crippen molar-refractivity contribution in [3.8, 4) is 0 Å². The standard InChI is InChI=1S/C53H102O6/c1-6-8-9-10-11-12-22-28-33-38-43-51(54)57-46-50(47-58-52(55)44-39-34-29-25-24-27-32-37-42-49(5)7-2)59-53(56)45-40-35-30-23-20-18-16-14-13-15-17-19-21-26-31-36-41-48(3)4/h48-50H,6-47H2,1-5H3/t49?,50-/m0/s1. The van der Waals surface area contributed by atoms with Gasteiger partial charge in [0.2, 0.25) is 0 Å². The third-order valence-corrected chi connectivity index (χ3v) is 12.3. The van der Waals surface area contributed by atoms with E-state index in [1.54, 1.807) is 0 Å². The van der Waals surface area contributed by atoms with Gasteiger partial charge < -0.3 is 14.2 Å². The summed E-state index contributed by atoms with van der Waals surface area (Å²) in [5.41, 5.74) is 0. The van der Waals surface area contributed by atoms with Crippen LogP contribution in [0.1, 0.15) is 291 Å². The maximum absolute atomic E-state index is 12.8. The van der Waals surface area contributed by atoms with Crippen molar-refractivity contribution in [2.45, 2.75) is 298 Å². The molecule has 0 rings (SSSR count). The first-order valence-electron chi connectivity index (χ1n) is 26.3. The van der Waals surface area contributed by atoms with Gasteiger partial charge in [-0.1, -0.05) is 253 Å². The predicted octanol–water partition coefficient (Wildman–Crippen LogP) is 16.9. The van der Waals surface area contributed by atoms with Crippen molar-refractivity contribution in [3.63, 3.8) is 0 Å². The maximum atomic E-state index is 12.8. The molecule has 1 unspecified atom stereocenters. The second-order valence-electron chi connectivity index (χ2n) is 18.9. The molecule has 0 aromatic heterocycles. The lowest BCUT2D eigenvalue weighted by molar-refractivity contribution is -0.167. The molecule has 0 fully saturated rings. The highest BCUT2D eigenvalue weighted by molar-refractivity contribution is 5.71. The largest absolute Gasteiger partial charge is 0.462 e. The molecule has 0 aromatic carbocycles. The van der Waals surface area contributed by atoms with Gasteiger partial charge in [-0.3, -0.25) is 14.4 Å². The lowest BCUT2D eigenvalue weighted by Gasteiger charge is -2.18. The molecule has 0 spiro atoms. The SMILES string of the molecule is CCCCCCCCCCCCC(=O)OC[C@@H](COC(=O)CCCCCCCCCCC(C)CC)OC(=O)CCCCCCCCCCCCCCCCCCC(C)C. The molecule has 0 aliphatic carbocycles. The fourth-order valence-corrected chi connectivity index (χ4v) is 7.96. The summed E-state index contributed by atoms with van der Waals surface area (Å²) < 4.78 is 16.8. The molecule has 6 nitrogen and oxygen atoms in total. The van der Waals surface area contributed by atoms with Crippen molar-refractivity contribution in [2.75, 3.05) is 13.2 Å². The quantitative estimate of drug-likeness (QED) is 0.0345. The zero-order chi connectivity index (χ0) is 43.3. The fraction of sp³-hybridized carbons (Fsp3) is 0.943. The first-order valence-corrected chi connectivity index (χ1v) is 26.3. The van der Waals surface area contributed by atoms with E-state index in [4.69, 9.17) is 14.2 Å². The maximum Gasteiger partial charge on any atom is 0.306 e. The van der Waals surface area contributed by atoms with Crippen molar-refractivity contribution in [1.82, 2.24) is 0 Å². The van der Waals surface area contributed by atoms with Crippen LogP contribution in [0.25, 0.3) is 0 Å². The summed E-state index contributed by atoms with van der Waals surface area (Å²) >= 11 is 0. The highest BCUT2D eigenvalue weighted by Gasteiger charge is 2.19. The van der Waals surface area contributed by atoms with Gasteiger partial charge in [-0.05, 0) is 31.1 Å². The van der Waals surface area contributed by atoms with E-state index >= 15 is 0 Å². The molecule has 0 aliphatic rings. The van der Waals surface area contributed by atoms with Crippen LogP contribution in [-0.4, -0.2) is 37.2 Å². The fourth-order valence-electron chi connectivity index (χ4n) is 7.96.